The molecule has 0 aromatic carbocycles. The van der Waals surface area contributed by atoms with Crippen LogP contribution in [-0.4, -0.2) is 46.8 Å². The Balaban J connectivity index is 2.82. The highest BCUT2D eigenvalue weighted by molar-refractivity contribution is 6.36. The van der Waals surface area contributed by atoms with E-state index in [1.165, 1.54) is 7.05 Å². The number of aliphatic imine (C=N–C) groups is 1. The molecule has 0 aromatic rings. The van der Waals surface area contributed by atoms with E-state index in [1.807, 2.05) is 0 Å². The van der Waals surface area contributed by atoms with Gasteiger partial charge in [0.1, 0.15) is 0 Å². The van der Waals surface area contributed by atoms with Crippen LogP contribution in [0.5, 0.6) is 0 Å². The minimum atomic E-state index is -0.725. The second-order valence-corrected chi connectivity index (χ2v) is 3.28. The number of amidine groups is 2. The summed E-state index contributed by atoms with van der Waals surface area (Å²) in [7, 11) is 1.46. The zero-order valence-corrected chi connectivity index (χ0v) is 8.59. The van der Waals surface area contributed by atoms with E-state index in [0.717, 1.165) is 32.4 Å². The van der Waals surface area contributed by atoms with Crippen molar-refractivity contribution in [3.05, 3.63) is 10.1 Å². The van der Waals surface area contributed by atoms with Crippen LogP contribution in [0.4, 0.5) is 0 Å². The van der Waals surface area contributed by atoms with Gasteiger partial charge >= 0.3 is 5.84 Å². The van der Waals surface area contributed by atoms with Gasteiger partial charge < -0.3 is 20.2 Å². The fourth-order valence-electron chi connectivity index (χ4n) is 1.65. The zero-order chi connectivity index (χ0) is 11.3. The summed E-state index contributed by atoms with van der Waals surface area (Å²) in [5.74, 6) is -0.429. The molecule has 0 atom stereocenters. The zero-order valence-electron chi connectivity index (χ0n) is 8.59. The highest BCUT2D eigenvalue weighted by atomic mass is 16.6. The Bertz CT molecular complexity index is 294. The normalized spacial score (nSPS) is 19.1. The number of piperidine rings is 1. The molecule has 1 aliphatic heterocycles. The second-order valence-electron chi connectivity index (χ2n) is 3.28. The number of hydrogen-bond donors (Lipinski definition) is 1. The van der Waals surface area contributed by atoms with Crippen molar-refractivity contribution in [3.8, 4) is 0 Å². The van der Waals surface area contributed by atoms with Gasteiger partial charge in [-0.15, -0.1) is 0 Å². The molecule has 0 unspecified atom stereocenters. The van der Waals surface area contributed by atoms with Gasteiger partial charge in [0.15, 0.2) is 5.16 Å². The Morgan fingerprint density at radius 2 is 2.00 bits per heavy atom. The lowest BCUT2D eigenvalue weighted by atomic mass is 10.1. The first-order valence-electron chi connectivity index (χ1n) is 4.79. The van der Waals surface area contributed by atoms with E-state index < -0.39 is 10.8 Å². The molecule has 0 spiro atoms. The van der Waals surface area contributed by atoms with Crippen LogP contribution < -0.4 is 0 Å². The largest absolute Gasteiger partial charge is 0.451 e. The molecule has 1 aliphatic rings. The smallest absolute Gasteiger partial charge is 0.358 e. The second kappa shape index (κ2) is 5.28. The lowest BCUT2D eigenvalue weighted by Crippen LogP contribution is -2.42. The number of rotatable bonds is 0. The van der Waals surface area contributed by atoms with Crippen LogP contribution in [-0.2, 0) is 0 Å². The number of nitrogens with zero attached hydrogens (tertiary/aromatic N) is 4. The summed E-state index contributed by atoms with van der Waals surface area (Å²) in [6.45, 7) is 1.44. The first kappa shape index (κ1) is 11.4. The summed E-state index contributed by atoms with van der Waals surface area (Å²) >= 11 is 0. The molecule has 7 nitrogen and oxygen atoms in total. The minimum absolute atomic E-state index is 0.155. The Morgan fingerprint density at radius 1 is 1.40 bits per heavy atom. The standard InChI is InChI=1S/C8H14N4O3/c1-9-7(8(10-13)12(14)15)11-5-3-2-4-6-11/h13H,2-6H2,1H3/b9-7+,10-8-. The maximum absolute atomic E-state index is 10.6. The molecule has 0 amide bonds. The summed E-state index contributed by atoms with van der Waals surface area (Å²) < 4.78 is 0. The average Bonchev–Trinajstić information content (AvgIpc) is 2.26. The molecule has 1 fully saturated rings. The summed E-state index contributed by atoms with van der Waals surface area (Å²) in [5, 5.41) is 21.8. The van der Waals surface area contributed by atoms with Crippen molar-refractivity contribution in [2.24, 2.45) is 10.1 Å². The maximum atomic E-state index is 10.6. The third-order valence-corrected chi connectivity index (χ3v) is 2.34. The number of likely N-dealkylation sites (tertiary alicyclic amines) is 1. The third-order valence-electron chi connectivity index (χ3n) is 2.34. The van der Waals surface area contributed by atoms with Gasteiger partial charge in [-0.2, -0.15) is 0 Å². The van der Waals surface area contributed by atoms with Crippen LogP contribution in [0.25, 0.3) is 0 Å². The summed E-state index contributed by atoms with van der Waals surface area (Å²) in [6.07, 6.45) is 3.09. The van der Waals surface area contributed by atoms with Crippen LogP contribution in [0.15, 0.2) is 10.1 Å². The lowest BCUT2D eigenvalue weighted by Gasteiger charge is -2.27. The SMILES string of the molecule is C/N=C(\C(=N\O)[N+](=O)[O-])N1CCCCC1. The quantitative estimate of drug-likeness (QED) is 0.210. The molecular weight excluding hydrogens is 200 g/mol. The van der Waals surface area contributed by atoms with Crippen molar-refractivity contribution in [2.45, 2.75) is 19.3 Å². The predicted molar refractivity (Wildman–Crippen MR) is 55.0 cm³/mol. The highest BCUT2D eigenvalue weighted by Gasteiger charge is 2.28. The summed E-state index contributed by atoms with van der Waals surface area (Å²) in [6, 6.07) is 0. The molecule has 0 aliphatic carbocycles. The summed E-state index contributed by atoms with van der Waals surface area (Å²) in [5.41, 5.74) is 0. The molecule has 0 saturated carbocycles. The van der Waals surface area contributed by atoms with Gasteiger partial charge in [0, 0.05) is 20.1 Å². The highest BCUT2D eigenvalue weighted by Crippen LogP contribution is 2.10. The van der Waals surface area contributed by atoms with E-state index >= 15 is 0 Å². The molecule has 84 valence electrons. The van der Waals surface area contributed by atoms with Gasteiger partial charge in [0.2, 0.25) is 5.84 Å². The van der Waals surface area contributed by atoms with Crippen LogP contribution in [0.3, 0.4) is 0 Å². The number of nitro groups is 1. The Kier molecular flexibility index (Phi) is 4.02. The van der Waals surface area contributed by atoms with E-state index in [1.54, 1.807) is 4.90 Å². The van der Waals surface area contributed by atoms with Crippen LogP contribution in [0.1, 0.15) is 19.3 Å². The van der Waals surface area contributed by atoms with Gasteiger partial charge in [-0.1, -0.05) is 0 Å². The molecule has 1 rings (SSSR count). The van der Waals surface area contributed by atoms with Crippen molar-refractivity contribution < 1.29 is 10.1 Å². The Labute approximate surface area is 87.2 Å². The number of hydrogen-bond acceptors (Lipinski definition) is 5. The van der Waals surface area contributed by atoms with Crippen molar-refractivity contribution in [1.82, 2.24) is 4.90 Å². The molecule has 0 bridgehead atoms. The molecule has 1 heterocycles. The lowest BCUT2D eigenvalue weighted by molar-refractivity contribution is -0.348. The van der Waals surface area contributed by atoms with Crippen molar-refractivity contribution in [1.29, 1.82) is 0 Å². The Hall–Kier alpha value is -1.66. The summed E-state index contributed by atoms with van der Waals surface area (Å²) in [4.78, 5) is 15.4. The third kappa shape index (κ3) is 2.64. The maximum Gasteiger partial charge on any atom is 0.451 e. The fourth-order valence-corrected chi connectivity index (χ4v) is 1.65. The molecule has 7 heteroatoms. The monoisotopic (exact) mass is 214 g/mol. The topological polar surface area (TPSA) is 91.3 Å². The number of oxime groups is 1. The van der Waals surface area contributed by atoms with E-state index in [2.05, 4.69) is 10.1 Å². The van der Waals surface area contributed by atoms with E-state index in [9.17, 15) is 10.1 Å². The molecule has 0 radical (unpaired) electrons. The van der Waals surface area contributed by atoms with E-state index in [4.69, 9.17) is 5.21 Å². The van der Waals surface area contributed by atoms with Crippen molar-refractivity contribution >= 4 is 11.7 Å². The van der Waals surface area contributed by atoms with Crippen LogP contribution in [0, 0.1) is 10.1 Å². The van der Waals surface area contributed by atoms with Gasteiger partial charge in [-0.3, -0.25) is 4.99 Å². The van der Waals surface area contributed by atoms with Gasteiger partial charge in [0.05, 0.1) is 0 Å². The van der Waals surface area contributed by atoms with Gasteiger partial charge in [0.25, 0.3) is 0 Å². The molecule has 0 aromatic heterocycles. The van der Waals surface area contributed by atoms with Gasteiger partial charge in [-0.25, -0.2) is 0 Å². The van der Waals surface area contributed by atoms with Gasteiger partial charge in [-0.05, 0) is 24.2 Å². The molecular formula is C8H14N4O3. The minimum Gasteiger partial charge on any atom is -0.358 e. The fraction of sp³-hybridized carbons (Fsp3) is 0.750. The average molecular weight is 214 g/mol. The van der Waals surface area contributed by atoms with E-state index in [-0.39, 0.29) is 5.84 Å². The van der Waals surface area contributed by atoms with Crippen molar-refractivity contribution in [3.63, 3.8) is 0 Å². The van der Waals surface area contributed by atoms with Crippen LogP contribution in [0.2, 0.25) is 0 Å². The molecule has 1 N–H and O–H groups in total. The Morgan fingerprint density at radius 3 is 2.40 bits per heavy atom. The molecule has 1 saturated heterocycles. The molecule has 15 heavy (non-hydrogen) atoms. The predicted octanol–water partition coefficient (Wildman–Crippen LogP) is 0.565. The first-order chi connectivity index (χ1) is 7.20. The van der Waals surface area contributed by atoms with Crippen molar-refractivity contribution in [2.75, 3.05) is 20.1 Å². The first-order valence-corrected chi connectivity index (χ1v) is 4.79. The van der Waals surface area contributed by atoms with Crippen LogP contribution >= 0.6 is 0 Å². The van der Waals surface area contributed by atoms with E-state index in [0.29, 0.717) is 0 Å².